The maximum Gasteiger partial charge on any atom is 0.240 e. The molecule has 0 unspecified atom stereocenters. The van der Waals surface area contributed by atoms with Gasteiger partial charge in [-0.3, -0.25) is 0 Å². The predicted octanol–water partition coefficient (Wildman–Crippen LogP) is 1.45. The van der Waals surface area contributed by atoms with E-state index in [0.29, 0.717) is 19.2 Å². The van der Waals surface area contributed by atoms with E-state index in [1.54, 1.807) is 18.2 Å². The average molecular weight is 482 g/mol. The molecule has 25 heavy (non-hydrogen) atoms. The Kier molecular flexibility index (Phi) is 9.69. The lowest BCUT2D eigenvalue weighted by Crippen LogP contribution is -2.38. The number of guanidine groups is 1. The number of rotatable bonds is 9. The summed E-state index contributed by atoms with van der Waals surface area (Å²) in [4.78, 5) is 4.76. The largest absolute Gasteiger partial charge is 0.383 e. The van der Waals surface area contributed by atoms with Crippen LogP contribution in [0.3, 0.4) is 0 Å². The van der Waals surface area contributed by atoms with Crippen molar-refractivity contribution in [3.05, 3.63) is 29.8 Å². The Hall–Kier alpha value is -0.910. The van der Waals surface area contributed by atoms with Gasteiger partial charge in [-0.1, -0.05) is 12.1 Å². The number of ether oxygens (including phenoxy) is 1. The second kappa shape index (κ2) is 10.9. The van der Waals surface area contributed by atoms with Crippen LogP contribution in [0.25, 0.3) is 0 Å². The third-order valence-electron chi connectivity index (χ3n) is 3.49. The fraction of sp³-hybridized carbons (Fsp3) is 0.562. The van der Waals surface area contributed by atoms with Gasteiger partial charge < -0.3 is 15.4 Å². The van der Waals surface area contributed by atoms with Crippen molar-refractivity contribution in [3.8, 4) is 0 Å². The summed E-state index contributed by atoms with van der Waals surface area (Å²) < 4.78 is 31.8. The maximum atomic E-state index is 12.2. The van der Waals surface area contributed by atoms with Gasteiger partial charge in [-0.2, -0.15) is 0 Å². The SMILES string of the molecule is CCNC(=NCc1cccc(S(=O)(=O)NCCOC)c1)NC1CC1.I. The smallest absolute Gasteiger partial charge is 0.240 e. The highest BCUT2D eigenvalue weighted by Crippen LogP contribution is 2.18. The molecule has 1 saturated carbocycles. The quantitative estimate of drug-likeness (QED) is 0.215. The fourth-order valence-corrected chi connectivity index (χ4v) is 3.17. The second-order valence-corrected chi connectivity index (χ2v) is 7.42. The molecule has 1 aromatic rings. The molecule has 7 nitrogen and oxygen atoms in total. The summed E-state index contributed by atoms with van der Waals surface area (Å²) in [7, 11) is -1.99. The van der Waals surface area contributed by atoms with Gasteiger partial charge in [-0.05, 0) is 37.5 Å². The molecule has 1 aliphatic rings. The van der Waals surface area contributed by atoms with Crippen LogP contribution in [-0.2, 0) is 21.3 Å². The molecule has 1 fully saturated rings. The Morgan fingerprint density at radius 1 is 1.36 bits per heavy atom. The highest BCUT2D eigenvalue weighted by atomic mass is 127. The van der Waals surface area contributed by atoms with E-state index in [1.807, 2.05) is 13.0 Å². The van der Waals surface area contributed by atoms with Crippen molar-refractivity contribution in [1.82, 2.24) is 15.4 Å². The van der Waals surface area contributed by atoms with E-state index in [4.69, 9.17) is 4.74 Å². The standard InChI is InChI=1S/C16H26N4O3S.HI/c1-3-17-16(20-14-7-8-14)18-12-13-5-4-6-15(11-13)24(21,22)19-9-10-23-2;/h4-6,11,14,19H,3,7-10,12H2,1-2H3,(H2,17,18,20);1H. The van der Waals surface area contributed by atoms with Gasteiger partial charge in [0.15, 0.2) is 5.96 Å². The Labute approximate surface area is 167 Å². The van der Waals surface area contributed by atoms with Crippen LogP contribution in [-0.4, -0.2) is 47.2 Å². The van der Waals surface area contributed by atoms with E-state index >= 15 is 0 Å². The minimum atomic E-state index is -3.52. The van der Waals surface area contributed by atoms with Gasteiger partial charge >= 0.3 is 0 Å². The first-order valence-corrected chi connectivity index (χ1v) is 9.66. The molecule has 0 amide bonds. The molecule has 1 aromatic carbocycles. The van der Waals surface area contributed by atoms with Gasteiger partial charge in [0, 0.05) is 26.2 Å². The Balaban J connectivity index is 0.00000312. The molecule has 9 heteroatoms. The van der Waals surface area contributed by atoms with Crippen LogP contribution in [0, 0.1) is 0 Å². The summed E-state index contributed by atoms with van der Waals surface area (Å²) in [6.07, 6.45) is 2.34. The molecule has 3 N–H and O–H groups in total. The molecule has 0 radical (unpaired) electrons. The first-order valence-electron chi connectivity index (χ1n) is 8.17. The van der Waals surface area contributed by atoms with E-state index < -0.39 is 10.0 Å². The molecule has 0 heterocycles. The van der Waals surface area contributed by atoms with Crippen LogP contribution in [0.2, 0.25) is 0 Å². The summed E-state index contributed by atoms with van der Waals surface area (Å²) in [6.45, 7) is 3.81. The van der Waals surface area contributed by atoms with Crippen molar-refractivity contribution in [3.63, 3.8) is 0 Å². The summed E-state index contributed by atoms with van der Waals surface area (Å²) >= 11 is 0. The minimum Gasteiger partial charge on any atom is -0.383 e. The zero-order valence-electron chi connectivity index (χ0n) is 14.6. The van der Waals surface area contributed by atoms with Crippen LogP contribution in [0.1, 0.15) is 25.3 Å². The van der Waals surface area contributed by atoms with E-state index in [9.17, 15) is 8.42 Å². The number of benzene rings is 1. The van der Waals surface area contributed by atoms with Crippen LogP contribution in [0.15, 0.2) is 34.2 Å². The first kappa shape index (κ1) is 22.1. The van der Waals surface area contributed by atoms with E-state index in [-0.39, 0.29) is 35.4 Å². The molecule has 0 atom stereocenters. The minimum absolute atomic E-state index is 0. The molecule has 142 valence electrons. The Bertz CT molecular complexity index is 663. The van der Waals surface area contributed by atoms with Crippen molar-refractivity contribution in [2.45, 2.75) is 37.2 Å². The van der Waals surface area contributed by atoms with Crippen molar-refractivity contribution in [2.24, 2.45) is 4.99 Å². The summed E-state index contributed by atoms with van der Waals surface area (Å²) in [5.41, 5.74) is 0.845. The molecular weight excluding hydrogens is 455 g/mol. The Morgan fingerprint density at radius 3 is 2.76 bits per heavy atom. The van der Waals surface area contributed by atoms with Crippen molar-refractivity contribution in [1.29, 1.82) is 0 Å². The first-order chi connectivity index (χ1) is 11.5. The summed E-state index contributed by atoms with van der Waals surface area (Å²) in [5, 5.41) is 6.53. The molecule has 0 bridgehead atoms. The molecule has 1 aliphatic carbocycles. The predicted molar refractivity (Wildman–Crippen MR) is 110 cm³/mol. The van der Waals surface area contributed by atoms with Gasteiger partial charge in [0.25, 0.3) is 0 Å². The number of methoxy groups -OCH3 is 1. The van der Waals surface area contributed by atoms with Crippen LogP contribution in [0.5, 0.6) is 0 Å². The third kappa shape index (κ3) is 7.89. The number of hydrogen-bond acceptors (Lipinski definition) is 4. The average Bonchev–Trinajstić information content (AvgIpc) is 3.37. The highest BCUT2D eigenvalue weighted by Gasteiger charge is 2.22. The van der Waals surface area contributed by atoms with Gasteiger partial charge in [0.05, 0.1) is 18.0 Å². The number of sulfonamides is 1. The number of hydrogen-bond donors (Lipinski definition) is 3. The topological polar surface area (TPSA) is 91.8 Å². The van der Waals surface area contributed by atoms with E-state index in [0.717, 1.165) is 18.1 Å². The van der Waals surface area contributed by atoms with E-state index in [2.05, 4.69) is 20.3 Å². The fourth-order valence-electron chi connectivity index (χ4n) is 2.08. The molecular formula is C16H27IN4O3S. The third-order valence-corrected chi connectivity index (χ3v) is 4.95. The Morgan fingerprint density at radius 2 is 2.12 bits per heavy atom. The number of nitrogens with one attached hydrogen (secondary N) is 3. The molecule has 0 spiro atoms. The highest BCUT2D eigenvalue weighted by molar-refractivity contribution is 14.0. The molecule has 0 aromatic heterocycles. The van der Waals surface area contributed by atoms with E-state index in [1.165, 1.54) is 20.0 Å². The maximum absolute atomic E-state index is 12.2. The summed E-state index contributed by atoms with van der Waals surface area (Å²) in [5.74, 6) is 0.770. The monoisotopic (exact) mass is 482 g/mol. The van der Waals surface area contributed by atoms with Gasteiger partial charge in [0.1, 0.15) is 0 Å². The van der Waals surface area contributed by atoms with Crippen molar-refractivity contribution in [2.75, 3.05) is 26.8 Å². The van der Waals surface area contributed by atoms with Gasteiger partial charge in [-0.25, -0.2) is 18.1 Å². The molecule has 0 aliphatic heterocycles. The number of aliphatic imine (C=N–C) groups is 1. The lowest BCUT2D eigenvalue weighted by molar-refractivity contribution is 0.204. The second-order valence-electron chi connectivity index (χ2n) is 5.65. The zero-order valence-corrected chi connectivity index (χ0v) is 17.8. The van der Waals surface area contributed by atoms with Gasteiger partial charge in [-0.15, -0.1) is 24.0 Å². The van der Waals surface area contributed by atoms with Gasteiger partial charge in [0.2, 0.25) is 10.0 Å². The lowest BCUT2D eigenvalue weighted by atomic mass is 10.2. The summed E-state index contributed by atoms with van der Waals surface area (Å²) in [6, 6.07) is 7.35. The normalized spacial score (nSPS) is 14.7. The van der Waals surface area contributed by atoms with Crippen LogP contribution >= 0.6 is 24.0 Å². The number of nitrogens with zero attached hydrogens (tertiary/aromatic N) is 1. The zero-order chi connectivity index (χ0) is 17.4. The van der Waals surface area contributed by atoms with Crippen LogP contribution in [0.4, 0.5) is 0 Å². The van der Waals surface area contributed by atoms with Crippen LogP contribution < -0.4 is 15.4 Å². The lowest BCUT2D eigenvalue weighted by Gasteiger charge is -2.11. The van der Waals surface area contributed by atoms with Crippen molar-refractivity contribution >= 4 is 40.0 Å². The number of halogens is 1. The van der Waals surface area contributed by atoms with Crippen molar-refractivity contribution < 1.29 is 13.2 Å². The molecule has 2 rings (SSSR count). The molecule has 0 saturated heterocycles.